The van der Waals surface area contributed by atoms with Gasteiger partial charge in [0, 0.05) is 12.2 Å². The zero-order chi connectivity index (χ0) is 18.6. The van der Waals surface area contributed by atoms with Gasteiger partial charge in [-0.1, -0.05) is 12.1 Å². The van der Waals surface area contributed by atoms with Crippen LogP contribution in [0.3, 0.4) is 0 Å². The fourth-order valence-corrected chi connectivity index (χ4v) is 2.20. The van der Waals surface area contributed by atoms with E-state index in [2.05, 4.69) is 10.6 Å². The second-order valence-electron chi connectivity index (χ2n) is 6.57. The lowest BCUT2D eigenvalue weighted by Gasteiger charge is -2.19. The normalized spacial score (nSPS) is 11.2. The molecule has 0 spiro atoms. The summed E-state index contributed by atoms with van der Waals surface area (Å²) in [6.45, 7) is 5.88. The highest BCUT2D eigenvalue weighted by Crippen LogP contribution is 2.22. The summed E-state index contributed by atoms with van der Waals surface area (Å²) in [5.74, 6) is 0.0515. The highest BCUT2D eigenvalue weighted by molar-refractivity contribution is 5.70. The van der Waals surface area contributed by atoms with Gasteiger partial charge in [-0.05, 0) is 44.9 Å². The van der Waals surface area contributed by atoms with E-state index in [1.54, 1.807) is 12.1 Å². The Hall–Kier alpha value is -2.83. The number of amides is 1. The van der Waals surface area contributed by atoms with E-state index in [0.29, 0.717) is 18.7 Å². The number of carbonyl (C=O) groups is 1. The average Bonchev–Trinajstić information content (AvgIpc) is 2.54. The summed E-state index contributed by atoms with van der Waals surface area (Å²) in [5, 5.41) is 5.58. The molecular formula is C18H22N2O5. The van der Waals surface area contributed by atoms with Gasteiger partial charge in [-0.25, -0.2) is 4.79 Å². The van der Waals surface area contributed by atoms with Crippen molar-refractivity contribution < 1.29 is 14.3 Å². The van der Waals surface area contributed by atoms with Crippen molar-refractivity contribution in [3.63, 3.8) is 0 Å². The number of hydrogen-bond donors (Lipinski definition) is 2. The first kappa shape index (κ1) is 18.5. The standard InChI is InChI=1S/C18H22N2O5/c1-18(2,3)25-17(23)19-10-9-11-5-7-12(8-6-11)20-13-14(21)15(22)16(13)24-4/h5-8,20H,9-10H2,1-4H3,(H,19,23). The summed E-state index contributed by atoms with van der Waals surface area (Å²) in [4.78, 5) is 34.4. The second-order valence-corrected chi connectivity index (χ2v) is 6.57. The molecule has 2 rings (SSSR count). The van der Waals surface area contributed by atoms with Gasteiger partial charge in [0.15, 0.2) is 5.75 Å². The molecule has 0 saturated heterocycles. The summed E-state index contributed by atoms with van der Waals surface area (Å²) < 4.78 is 10.0. The van der Waals surface area contributed by atoms with Gasteiger partial charge < -0.3 is 20.1 Å². The lowest BCUT2D eigenvalue weighted by molar-refractivity contribution is 0.0528. The van der Waals surface area contributed by atoms with Crippen molar-refractivity contribution in [1.29, 1.82) is 0 Å². The van der Waals surface area contributed by atoms with Crippen molar-refractivity contribution in [2.45, 2.75) is 32.8 Å². The lowest BCUT2D eigenvalue weighted by Crippen LogP contribution is -2.34. The van der Waals surface area contributed by atoms with Gasteiger partial charge in [-0.2, -0.15) is 0 Å². The molecule has 2 aromatic carbocycles. The summed E-state index contributed by atoms with van der Waals surface area (Å²) in [6, 6.07) is 7.33. The van der Waals surface area contributed by atoms with Gasteiger partial charge in [0.2, 0.25) is 0 Å². The topological polar surface area (TPSA) is 93.7 Å². The quantitative estimate of drug-likeness (QED) is 0.778. The van der Waals surface area contributed by atoms with Crippen molar-refractivity contribution in [3.05, 3.63) is 50.3 Å². The minimum atomic E-state index is -0.616. The Morgan fingerprint density at radius 3 is 2.28 bits per heavy atom. The number of ether oxygens (including phenoxy) is 2. The lowest BCUT2D eigenvalue weighted by atomic mass is 10.1. The fourth-order valence-electron chi connectivity index (χ4n) is 2.20. The molecule has 0 atom stereocenters. The predicted octanol–water partition coefficient (Wildman–Crippen LogP) is 2.10. The number of hydrogen-bond acceptors (Lipinski definition) is 6. The molecule has 0 fully saturated rings. The molecule has 2 N–H and O–H groups in total. The maximum absolute atomic E-state index is 11.6. The van der Waals surface area contributed by atoms with E-state index in [1.165, 1.54) is 7.11 Å². The number of carbonyl (C=O) groups excluding carboxylic acids is 1. The smallest absolute Gasteiger partial charge is 0.407 e. The molecule has 1 amide bonds. The van der Waals surface area contributed by atoms with E-state index in [9.17, 15) is 14.4 Å². The van der Waals surface area contributed by atoms with Crippen molar-refractivity contribution in [3.8, 4) is 5.75 Å². The first-order valence-electron chi connectivity index (χ1n) is 7.91. The molecule has 134 valence electrons. The molecule has 0 bridgehead atoms. The van der Waals surface area contributed by atoms with Crippen LogP contribution in [0, 0.1) is 0 Å². The van der Waals surface area contributed by atoms with Gasteiger partial charge in [0.1, 0.15) is 11.3 Å². The summed E-state index contributed by atoms with van der Waals surface area (Å²) in [6.07, 6.45) is 0.196. The average molecular weight is 346 g/mol. The van der Waals surface area contributed by atoms with Crippen LogP contribution in [0.4, 0.5) is 16.2 Å². The Morgan fingerprint density at radius 2 is 1.72 bits per heavy atom. The second kappa shape index (κ2) is 7.38. The number of rotatable bonds is 6. The van der Waals surface area contributed by atoms with Gasteiger partial charge in [0.25, 0.3) is 10.9 Å². The number of anilines is 2. The Bertz CT molecular complexity index is 811. The number of methoxy groups -OCH3 is 1. The highest BCUT2D eigenvalue weighted by atomic mass is 16.6. The molecule has 0 aliphatic carbocycles. The van der Waals surface area contributed by atoms with Crippen LogP contribution in [0.2, 0.25) is 0 Å². The Balaban J connectivity index is 1.86. The van der Waals surface area contributed by atoms with Crippen LogP contribution in [0.15, 0.2) is 33.9 Å². The molecule has 0 radical (unpaired) electrons. The Morgan fingerprint density at radius 1 is 1.08 bits per heavy atom. The van der Waals surface area contributed by atoms with Crippen LogP contribution in [0.5, 0.6) is 5.75 Å². The largest absolute Gasteiger partial charge is 0.491 e. The van der Waals surface area contributed by atoms with Crippen LogP contribution in [0.25, 0.3) is 0 Å². The maximum Gasteiger partial charge on any atom is 0.407 e. The van der Waals surface area contributed by atoms with Crippen LogP contribution in [-0.2, 0) is 11.2 Å². The van der Waals surface area contributed by atoms with Crippen LogP contribution < -0.4 is 26.2 Å². The van der Waals surface area contributed by atoms with E-state index in [4.69, 9.17) is 9.47 Å². The highest BCUT2D eigenvalue weighted by Gasteiger charge is 2.21. The van der Waals surface area contributed by atoms with Crippen LogP contribution in [0.1, 0.15) is 26.3 Å². The van der Waals surface area contributed by atoms with Crippen LogP contribution in [-0.4, -0.2) is 25.3 Å². The van der Waals surface area contributed by atoms with E-state index >= 15 is 0 Å². The predicted molar refractivity (Wildman–Crippen MR) is 95.6 cm³/mol. The minimum Gasteiger partial charge on any atom is -0.491 e. The molecule has 2 aromatic rings. The molecule has 25 heavy (non-hydrogen) atoms. The van der Waals surface area contributed by atoms with E-state index in [-0.39, 0.29) is 11.4 Å². The van der Waals surface area contributed by atoms with Crippen molar-refractivity contribution in [2.24, 2.45) is 0 Å². The maximum atomic E-state index is 11.6. The third kappa shape index (κ3) is 4.82. The number of alkyl carbamates (subject to hydrolysis) is 1. The number of benzene rings is 1. The van der Waals surface area contributed by atoms with Gasteiger partial charge >= 0.3 is 6.09 Å². The van der Waals surface area contributed by atoms with Gasteiger partial charge in [0.05, 0.1) is 7.11 Å². The summed E-state index contributed by atoms with van der Waals surface area (Å²) in [5.41, 5.74) is 0.144. The van der Waals surface area contributed by atoms with Crippen molar-refractivity contribution >= 4 is 17.5 Å². The monoisotopic (exact) mass is 346 g/mol. The summed E-state index contributed by atoms with van der Waals surface area (Å²) in [7, 11) is 1.35. The van der Waals surface area contributed by atoms with Gasteiger partial charge in [-0.15, -0.1) is 0 Å². The third-order valence-corrected chi connectivity index (χ3v) is 3.38. The molecule has 7 heteroatoms. The fraction of sp³-hybridized carbons (Fsp3) is 0.389. The van der Waals surface area contributed by atoms with Crippen LogP contribution >= 0.6 is 0 Å². The zero-order valence-electron chi connectivity index (χ0n) is 14.8. The molecule has 0 aliphatic heterocycles. The van der Waals surface area contributed by atoms with E-state index in [1.807, 2.05) is 32.9 Å². The Kier molecular flexibility index (Phi) is 5.46. The van der Waals surface area contributed by atoms with Crippen molar-refractivity contribution in [2.75, 3.05) is 19.0 Å². The SMILES string of the molecule is COc1c(Nc2ccc(CCNC(=O)OC(C)(C)C)cc2)c(=O)c1=O. The van der Waals surface area contributed by atoms with E-state index < -0.39 is 22.6 Å². The first-order valence-corrected chi connectivity index (χ1v) is 7.91. The van der Waals surface area contributed by atoms with Crippen molar-refractivity contribution in [1.82, 2.24) is 5.32 Å². The molecule has 0 saturated carbocycles. The zero-order valence-corrected chi connectivity index (χ0v) is 14.8. The molecule has 0 unspecified atom stereocenters. The molecule has 0 aliphatic rings. The molecule has 0 aromatic heterocycles. The molecule has 0 heterocycles. The molecular weight excluding hydrogens is 324 g/mol. The number of nitrogens with one attached hydrogen (secondary N) is 2. The minimum absolute atomic E-state index is 0.0515. The third-order valence-electron chi connectivity index (χ3n) is 3.38. The molecule has 7 nitrogen and oxygen atoms in total. The van der Waals surface area contributed by atoms with Gasteiger partial charge in [-0.3, -0.25) is 9.59 Å². The summed E-state index contributed by atoms with van der Waals surface area (Å²) >= 11 is 0. The van der Waals surface area contributed by atoms with E-state index in [0.717, 1.165) is 5.56 Å². The Labute approximate surface area is 145 Å². The first-order chi connectivity index (χ1) is 11.7.